The van der Waals surface area contributed by atoms with Crippen molar-refractivity contribution in [3.8, 4) is 0 Å². The highest BCUT2D eigenvalue weighted by Crippen LogP contribution is 2.23. The molecule has 0 amide bonds. The van der Waals surface area contributed by atoms with Crippen molar-refractivity contribution in [1.82, 2.24) is 15.4 Å². The van der Waals surface area contributed by atoms with Crippen molar-refractivity contribution in [2.45, 2.75) is 6.92 Å². The minimum Gasteiger partial charge on any atom is -0.323 e. The molecule has 3 N–H and O–H groups in total. The van der Waals surface area contributed by atoms with Crippen LogP contribution >= 0.6 is 0 Å². The van der Waals surface area contributed by atoms with Crippen LogP contribution in [0.3, 0.4) is 0 Å². The first-order chi connectivity index (χ1) is 9.26. The quantitative estimate of drug-likeness (QED) is 0.498. The molecule has 0 aliphatic carbocycles. The van der Waals surface area contributed by atoms with Gasteiger partial charge >= 0.3 is 0 Å². The molecule has 0 fully saturated rings. The molecule has 2 rings (SSSR count). The van der Waals surface area contributed by atoms with Crippen molar-refractivity contribution in [3.63, 3.8) is 0 Å². The van der Waals surface area contributed by atoms with Crippen LogP contribution in [0.4, 0.5) is 0 Å². The third-order valence-electron chi connectivity index (χ3n) is 2.78. The first-order valence-electron chi connectivity index (χ1n) is 5.93. The fraction of sp³-hybridized carbons (Fsp3) is 0.0667. The summed E-state index contributed by atoms with van der Waals surface area (Å²) in [6.45, 7) is 5.88. The third kappa shape index (κ3) is 2.86. The summed E-state index contributed by atoms with van der Waals surface area (Å²) >= 11 is 0. The van der Waals surface area contributed by atoms with Crippen LogP contribution in [0.25, 0.3) is 11.3 Å². The van der Waals surface area contributed by atoms with Gasteiger partial charge in [0.1, 0.15) is 6.33 Å². The summed E-state index contributed by atoms with van der Waals surface area (Å²) in [5.41, 5.74) is 7.31. The van der Waals surface area contributed by atoms with E-state index >= 15 is 0 Å². The van der Waals surface area contributed by atoms with E-state index in [0.29, 0.717) is 0 Å². The molecule has 0 atom stereocenters. The molecule has 0 aliphatic rings. The highest BCUT2D eigenvalue weighted by molar-refractivity contribution is 5.93. The summed E-state index contributed by atoms with van der Waals surface area (Å²) in [5.74, 6) is 5.67. The first-order valence-corrected chi connectivity index (χ1v) is 5.93. The van der Waals surface area contributed by atoms with Crippen LogP contribution in [0.5, 0.6) is 0 Å². The van der Waals surface area contributed by atoms with Crippen LogP contribution in [-0.2, 0) is 0 Å². The molecule has 4 heteroatoms. The number of nitrogens with one attached hydrogen (secondary N) is 1. The molecule has 1 aromatic heterocycles. The zero-order valence-corrected chi connectivity index (χ0v) is 10.8. The van der Waals surface area contributed by atoms with E-state index in [4.69, 9.17) is 5.84 Å². The number of allylic oxidation sites excluding steroid dienone is 2. The number of hydrazine groups is 1. The van der Waals surface area contributed by atoms with Gasteiger partial charge in [-0.1, -0.05) is 36.4 Å². The van der Waals surface area contributed by atoms with Crippen molar-refractivity contribution >= 4 is 11.3 Å². The highest BCUT2D eigenvalue weighted by Gasteiger charge is 2.09. The number of hydrogen-bond acceptors (Lipinski definition) is 4. The Morgan fingerprint density at radius 1 is 1.37 bits per heavy atom. The van der Waals surface area contributed by atoms with Gasteiger partial charge in [0.2, 0.25) is 0 Å². The number of nitrogens with zero attached hydrogens (tertiary/aromatic N) is 2. The van der Waals surface area contributed by atoms with Gasteiger partial charge in [-0.3, -0.25) is 5.84 Å². The normalized spacial score (nSPS) is 11.7. The maximum absolute atomic E-state index is 5.67. The van der Waals surface area contributed by atoms with E-state index < -0.39 is 0 Å². The minimum atomic E-state index is 0.777. The number of benzene rings is 1. The van der Waals surface area contributed by atoms with Crippen molar-refractivity contribution in [2.75, 3.05) is 0 Å². The SMILES string of the molecule is C=C/C(=C(\NN)c1cccc(C)c1)c1ccncn1. The Balaban J connectivity index is 2.59. The van der Waals surface area contributed by atoms with Crippen molar-refractivity contribution in [1.29, 1.82) is 0 Å². The summed E-state index contributed by atoms with van der Waals surface area (Å²) in [7, 11) is 0. The molecule has 0 spiro atoms. The second-order valence-electron chi connectivity index (χ2n) is 4.10. The van der Waals surface area contributed by atoms with Crippen molar-refractivity contribution in [3.05, 3.63) is 72.3 Å². The van der Waals surface area contributed by atoms with Gasteiger partial charge < -0.3 is 5.43 Å². The van der Waals surface area contributed by atoms with Crippen LogP contribution in [0.15, 0.2) is 55.5 Å². The molecular formula is C15H16N4. The first kappa shape index (κ1) is 13.0. The smallest absolute Gasteiger partial charge is 0.116 e. The van der Waals surface area contributed by atoms with Gasteiger partial charge in [0.15, 0.2) is 0 Å². The van der Waals surface area contributed by atoms with E-state index in [9.17, 15) is 0 Å². The van der Waals surface area contributed by atoms with Crippen molar-refractivity contribution in [2.24, 2.45) is 5.84 Å². The maximum Gasteiger partial charge on any atom is 0.116 e. The zero-order valence-electron chi connectivity index (χ0n) is 10.8. The van der Waals surface area contributed by atoms with Crippen LogP contribution in [-0.4, -0.2) is 9.97 Å². The van der Waals surface area contributed by atoms with Gasteiger partial charge in [-0.2, -0.15) is 0 Å². The number of nitrogens with two attached hydrogens (primary N) is 1. The molecule has 0 saturated heterocycles. The molecule has 0 unspecified atom stereocenters. The van der Waals surface area contributed by atoms with Crippen LogP contribution in [0, 0.1) is 6.92 Å². The molecule has 0 radical (unpaired) electrons. The Morgan fingerprint density at radius 3 is 2.79 bits per heavy atom. The second kappa shape index (κ2) is 5.93. The van der Waals surface area contributed by atoms with Gasteiger partial charge in [-0.25, -0.2) is 9.97 Å². The standard InChI is InChI=1S/C15H16N4/c1-3-13(14-7-8-17-10-18-14)15(19-16)12-6-4-5-11(2)9-12/h3-10,19H,1,16H2,2H3/b15-13+. The van der Waals surface area contributed by atoms with Gasteiger partial charge in [0.25, 0.3) is 0 Å². The largest absolute Gasteiger partial charge is 0.323 e. The monoisotopic (exact) mass is 252 g/mol. The third-order valence-corrected chi connectivity index (χ3v) is 2.78. The molecule has 0 bridgehead atoms. The van der Waals surface area contributed by atoms with E-state index in [-0.39, 0.29) is 0 Å². The minimum absolute atomic E-state index is 0.777. The fourth-order valence-corrected chi connectivity index (χ4v) is 1.90. The van der Waals surface area contributed by atoms with Gasteiger partial charge in [-0.05, 0) is 24.6 Å². The predicted molar refractivity (Wildman–Crippen MR) is 77.5 cm³/mol. The molecule has 0 saturated carbocycles. The second-order valence-corrected chi connectivity index (χ2v) is 4.10. The van der Waals surface area contributed by atoms with E-state index in [1.165, 1.54) is 6.33 Å². The summed E-state index contributed by atoms with van der Waals surface area (Å²) in [5, 5.41) is 0. The van der Waals surface area contributed by atoms with Crippen LogP contribution in [0.1, 0.15) is 16.8 Å². The Bertz CT molecular complexity index is 603. The van der Waals surface area contributed by atoms with E-state index in [1.54, 1.807) is 12.3 Å². The van der Waals surface area contributed by atoms with Crippen LogP contribution in [0.2, 0.25) is 0 Å². The van der Waals surface area contributed by atoms with Gasteiger partial charge in [0.05, 0.1) is 11.4 Å². The lowest BCUT2D eigenvalue weighted by Gasteiger charge is -2.12. The molecular weight excluding hydrogens is 236 g/mol. The zero-order chi connectivity index (χ0) is 13.7. The summed E-state index contributed by atoms with van der Waals surface area (Å²) in [4.78, 5) is 8.15. The predicted octanol–water partition coefficient (Wildman–Crippen LogP) is 2.30. The Hall–Kier alpha value is -2.46. The molecule has 2 aromatic rings. The van der Waals surface area contributed by atoms with Gasteiger partial charge in [-0.15, -0.1) is 0 Å². The van der Waals surface area contributed by atoms with Crippen molar-refractivity contribution < 1.29 is 0 Å². The molecule has 1 heterocycles. The Morgan fingerprint density at radius 2 is 2.21 bits per heavy atom. The fourth-order valence-electron chi connectivity index (χ4n) is 1.90. The molecule has 4 nitrogen and oxygen atoms in total. The maximum atomic E-state index is 5.67. The average Bonchev–Trinajstić information content (AvgIpc) is 2.45. The van der Waals surface area contributed by atoms with E-state index in [1.807, 2.05) is 31.2 Å². The summed E-state index contributed by atoms with van der Waals surface area (Å²) in [6.07, 6.45) is 4.93. The van der Waals surface area contributed by atoms with Crippen LogP contribution < -0.4 is 11.3 Å². The lowest BCUT2D eigenvalue weighted by Crippen LogP contribution is -2.21. The van der Waals surface area contributed by atoms with Gasteiger partial charge in [0, 0.05) is 11.8 Å². The number of rotatable bonds is 4. The number of aryl methyl sites for hydroxylation is 1. The number of aromatic nitrogens is 2. The lowest BCUT2D eigenvalue weighted by atomic mass is 10.0. The molecule has 1 aromatic carbocycles. The average molecular weight is 252 g/mol. The lowest BCUT2D eigenvalue weighted by molar-refractivity contribution is 0.991. The highest BCUT2D eigenvalue weighted by atomic mass is 15.2. The molecule has 96 valence electrons. The summed E-state index contributed by atoms with van der Waals surface area (Å²) < 4.78 is 0. The number of hydrogen-bond donors (Lipinski definition) is 2. The molecule has 0 aliphatic heterocycles. The molecule has 19 heavy (non-hydrogen) atoms. The summed E-state index contributed by atoms with van der Waals surface area (Å²) in [6, 6.07) is 9.90. The van der Waals surface area contributed by atoms with E-state index in [2.05, 4.69) is 28.0 Å². The Labute approximate surface area is 112 Å². The topological polar surface area (TPSA) is 63.8 Å². The van der Waals surface area contributed by atoms with E-state index in [0.717, 1.165) is 28.1 Å². The Kier molecular flexibility index (Phi) is 4.05.